The van der Waals surface area contributed by atoms with E-state index < -0.39 is 4.92 Å². The third kappa shape index (κ3) is 2.35. The molecule has 0 fully saturated rings. The van der Waals surface area contributed by atoms with E-state index in [1.54, 1.807) is 6.07 Å². The average molecular weight is 199 g/mol. The molecule has 0 aliphatic rings. The van der Waals surface area contributed by atoms with Gasteiger partial charge >= 0.3 is 0 Å². The maximum Gasteiger partial charge on any atom is 0.273 e. The predicted octanol–water partition coefficient (Wildman–Crippen LogP) is 2.28. The average Bonchev–Trinajstić information content (AvgIpc) is 2.08. The molecule has 0 aliphatic heterocycles. The van der Waals surface area contributed by atoms with Crippen molar-refractivity contribution in [2.45, 2.75) is 11.8 Å². The molecule has 0 aromatic heterocycles. The highest BCUT2D eigenvalue weighted by Crippen LogP contribution is 2.27. The fourth-order valence-electron chi connectivity index (χ4n) is 0.887. The Hall–Kier alpha value is -1.23. The highest BCUT2D eigenvalue weighted by molar-refractivity contribution is 7.80. The quantitative estimate of drug-likeness (QED) is 0.461. The molecule has 0 amide bonds. The summed E-state index contributed by atoms with van der Waals surface area (Å²) in [6.45, 7) is 2.28. The first kappa shape index (κ1) is 9.85. The van der Waals surface area contributed by atoms with Crippen LogP contribution in [0.2, 0.25) is 0 Å². The molecule has 0 radical (unpaired) electrons. The maximum atomic E-state index is 10.4. The summed E-state index contributed by atoms with van der Waals surface area (Å²) >= 11 is 4.10. The highest BCUT2D eigenvalue weighted by Gasteiger charge is 2.08. The van der Waals surface area contributed by atoms with Gasteiger partial charge < -0.3 is 4.74 Å². The van der Waals surface area contributed by atoms with E-state index in [1.165, 1.54) is 12.1 Å². The lowest BCUT2D eigenvalue weighted by Crippen LogP contribution is -1.94. The molecule has 1 aromatic carbocycles. The molecule has 0 bridgehead atoms. The van der Waals surface area contributed by atoms with E-state index >= 15 is 0 Å². The van der Waals surface area contributed by atoms with Gasteiger partial charge in [0, 0.05) is 11.0 Å². The number of thiol groups is 1. The topological polar surface area (TPSA) is 52.4 Å². The first-order chi connectivity index (χ1) is 6.15. The zero-order valence-corrected chi connectivity index (χ0v) is 7.95. The third-order valence-electron chi connectivity index (χ3n) is 1.45. The third-order valence-corrected chi connectivity index (χ3v) is 1.82. The second-order valence-electron chi connectivity index (χ2n) is 2.34. The smallest absolute Gasteiger partial charge is 0.273 e. The monoisotopic (exact) mass is 199 g/mol. The number of hydrogen-bond acceptors (Lipinski definition) is 4. The van der Waals surface area contributed by atoms with Gasteiger partial charge in [0.25, 0.3) is 5.69 Å². The predicted molar refractivity (Wildman–Crippen MR) is 51.5 cm³/mol. The van der Waals surface area contributed by atoms with Crippen LogP contribution in [0.5, 0.6) is 5.75 Å². The molecule has 0 saturated carbocycles. The van der Waals surface area contributed by atoms with Crippen LogP contribution in [0.4, 0.5) is 5.69 Å². The molecular weight excluding hydrogens is 190 g/mol. The van der Waals surface area contributed by atoms with E-state index in [9.17, 15) is 10.1 Å². The maximum absolute atomic E-state index is 10.4. The molecule has 5 heteroatoms. The van der Waals surface area contributed by atoms with Gasteiger partial charge in [-0.3, -0.25) is 10.1 Å². The summed E-state index contributed by atoms with van der Waals surface area (Å²) in [6, 6.07) is 4.31. The van der Waals surface area contributed by atoms with Gasteiger partial charge in [-0.2, -0.15) is 0 Å². The van der Waals surface area contributed by atoms with Crippen LogP contribution < -0.4 is 4.74 Å². The molecule has 0 spiro atoms. The SMILES string of the molecule is CCOc1cc([N+](=O)[O-])ccc1S. The number of nitro groups is 1. The summed E-state index contributed by atoms with van der Waals surface area (Å²) in [5.41, 5.74) is 0.0150. The lowest BCUT2D eigenvalue weighted by Gasteiger charge is -2.04. The minimum absolute atomic E-state index is 0.0150. The number of ether oxygens (including phenoxy) is 1. The molecule has 0 aliphatic carbocycles. The van der Waals surface area contributed by atoms with Gasteiger partial charge in [0.1, 0.15) is 5.75 Å². The molecule has 4 nitrogen and oxygen atoms in total. The Bertz CT molecular complexity index is 327. The summed E-state index contributed by atoms with van der Waals surface area (Å²) in [6.07, 6.45) is 0. The normalized spacial score (nSPS) is 9.69. The molecule has 1 rings (SSSR count). The van der Waals surface area contributed by atoms with E-state index in [0.717, 1.165) is 0 Å². The first-order valence-electron chi connectivity index (χ1n) is 3.75. The lowest BCUT2D eigenvalue weighted by molar-refractivity contribution is -0.385. The van der Waals surface area contributed by atoms with Crippen LogP contribution in [0.15, 0.2) is 23.1 Å². The van der Waals surface area contributed by atoms with Crippen LogP contribution in [-0.2, 0) is 0 Å². The first-order valence-corrected chi connectivity index (χ1v) is 4.20. The number of nitro benzene ring substituents is 1. The minimum atomic E-state index is -0.463. The van der Waals surface area contributed by atoms with Crippen molar-refractivity contribution < 1.29 is 9.66 Å². The standard InChI is InChI=1S/C8H9NO3S/c1-2-12-7-5-6(9(10)11)3-4-8(7)13/h3-5,13H,2H2,1H3. The highest BCUT2D eigenvalue weighted by atomic mass is 32.1. The van der Waals surface area contributed by atoms with Crippen molar-refractivity contribution in [1.29, 1.82) is 0 Å². The van der Waals surface area contributed by atoms with Gasteiger partial charge in [0.2, 0.25) is 0 Å². The Labute approximate surface area is 81.1 Å². The zero-order chi connectivity index (χ0) is 9.84. The van der Waals surface area contributed by atoms with Crippen LogP contribution in [-0.4, -0.2) is 11.5 Å². The Morgan fingerprint density at radius 3 is 2.85 bits per heavy atom. The van der Waals surface area contributed by atoms with Crippen molar-refractivity contribution in [2.75, 3.05) is 6.61 Å². The molecule has 70 valence electrons. The second kappa shape index (κ2) is 4.13. The molecule has 0 saturated heterocycles. The fraction of sp³-hybridized carbons (Fsp3) is 0.250. The molecule has 0 heterocycles. The molecule has 0 N–H and O–H groups in total. The number of benzene rings is 1. The summed E-state index contributed by atoms with van der Waals surface area (Å²) in [5.74, 6) is 0.444. The zero-order valence-electron chi connectivity index (χ0n) is 7.06. The van der Waals surface area contributed by atoms with Gasteiger partial charge in [-0.1, -0.05) is 0 Å². The van der Waals surface area contributed by atoms with E-state index in [2.05, 4.69) is 12.6 Å². The molecule has 13 heavy (non-hydrogen) atoms. The summed E-state index contributed by atoms with van der Waals surface area (Å²) in [4.78, 5) is 10.5. The Morgan fingerprint density at radius 1 is 1.62 bits per heavy atom. The minimum Gasteiger partial charge on any atom is -0.492 e. The van der Waals surface area contributed by atoms with E-state index in [1.807, 2.05) is 6.92 Å². The van der Waals surface area contributed by atoms with Gasteiger partial charge in [0.15, 0.2) is 0 Å². The molecule has 0 unspecified atom stereocenters. The summed E-state index contributed by atoms with van der Waals surface area (Å²) < 4.78 is 5.15. The Kier molecular flexibility index (Phi) is 3.13. The number of nitrogens with zero attached hydrogens (tertiary/aromatic N) is 1. The summed E-state index contributed by atoms with van der Waals surface area (Å²) in [5, 5.41) is 10.4. The van der Waals surface area contributed by atoms with Gasteiger partial charge in [-0.25, -0.2) is 0 Å². The van der Waals surface area contributed by atoms with E-state index in [-0.39, 0.29) is 5.69 Å². The van der Waals surface area contributed by atoms with Crippen LogP contribution >= 0.6 is 12.6 Å². The van der Waals surface area contributed by atoms with Crippen molar-refractivity contribution in [3.63, 3.8) is 0 Å². The van der Waals surface area contributed by atoms with Crippen molar-refractivity contribution in [3.05, 3.63) is 28.3 Å². The molecular formula is C8H9NO3S. The van der Waals surface area contributed by atoms with Crippen molar-refractivity contribution >= 4 is 18.3 Å². The Morgan fingerprint density at radius 2 is 2.31 bits per heavy atom. The van der Waals surface area contributed by atoms with Crippen LogP contribution in [0.1, 0.15) is 6.92 Å². The van der Waals surface area contributed by atoms with Crippen LogP contribution in [0.25, 0.3) is 0 Å². The van der Waals surface area contributed by atoms with Gasteiger partial charge in [0.05, 0.1) is 17.6 Å². The molecule has 1 aromatic rings. The lowest BCUT2D eigenvalue weighted by atomic mass is 10.3. The number of rotatable bonds is 3. The van der Waals surface area contributed by atoms with Gasteiger partial charge in [-0.15, -0.1) is 12.6 Å². The van der Waals surface area contributed by atoms with E-state index in [0.29, 0.717) is 17.3 Å². The van der Waals surface area contributed by atoms with E-state index in [4.69, 9.17) is 4.74 Å². The van der Waals surface area contributed by atoms with Crippen LogP contribution in [0, 0.1) is 10.1 Å². The number of non-ortho nitro benzene ring substituents is 1. The van der Waals surface area contributed by atoms with Crippen LogP contribution in [0.3, 0.4) is 0 Å². The van der Waals surface area contributed by atoms with Crippen molar-refractivity contribution in [3.8, 4) is 5.75 Å². The summed E-state index contributed by atoms with van der Waals surface area (Å²) in [7, 11) is 0. The van der Waals surface area contributed by atoms with Crippen molar-refractivity contribution in [1.82, 2.24) is 0 Å². The Balaban J connectivity index is 3.03. The second-order valence-corrected chi connectivity index (χ2v) is 2.82. The largest absolute Gasteiger partial charge is 0.492 e. The molecule has 0 atom stereocenters. The van der Waals surface area contributed by atoms with Crippen molar-refractivity contribution in [2.24, 2.45) is 0 Å². The van der Waals surface area contributed by atoms with Gasteiger partial charge in [-0.05, 0) is 13.0 Å². The number of hydrogen-bond donors (Lipinski definition) is 1. The fourth-order valence-corrected chi connectivity index (χ4v) is 1.09.